The zero-order valence-corrected chi connectivity index (χ0v) is 10.5. The predicted molar refractivity (Wildman–Crippen MR) is 70.5 cm³/mol. The fourth-order valence-electron chi connectivity index (χ4n) is 1.54. The molecular weight excluding hydrogens is 228 g/mol. The molecule has 2 heterocycles. The van der Waals surface area contributed by atoms with E-state index < -0.39 is 0 Å². The number of amides is 1. The van der Waals surface area contributed by atoms with Crippen LogP contribution in [0.1, 0.15) is 15.9 Å². The number of hydrogen-bond donors (Lipinski definition) is 2. The summed E-state index contributed by atoms with van der Waals surface area (Å²) < 4.78 is 0. The Kier molecular flexibility index (Phi) is 3.62. The highest BCUT2D eigenvalue weighted by molar-refractivity contribution is 5.93. The lowest BCUT2D eigenvalue weighted by atomic mass is 10.2. The molecule has 0 spiro atoms. The van der Waals surface area contributed by atoms with Crippen molar-refractivity contribution in [2.45, 2.75) is 6.54 Å². The first-order valence-electron chi connectivity index (χ1n) is 5.70. The molecule has 18 heavy (non-hydrogen) atoms. The molecule has 0 saturated carbocycles. The summed E-state index contributed by atoms with van der Waals surface area (Å²) in [5.74, 6) is 0.714. The van der Waals surface area contributed by atoms with Gasteiger partial charge in [0, 0.05) is 39.2 Å². The molecule has 5 nitrogen and oxygen atoms in total. The summed E-state index contributed by atoms with van der Waals surface area (Å²) in [7, 11) is 3.82. The van der Waals surface area contributed by atoms with E-state index >= 15 is 0 Å². The Bertz CT molecular complexity index is 502. The molecule has 0 aliphatic carbocycles. The van der Waals surface area contributed by atoms with Crippen molar-refractivity contribution < 1.29 is 4.79 Å². The molecule has 2 aromatic rings. The number of rotatable bonds is 4. The minimum Gasteiger partial charge on any atom is -0.367 e. The van der Waals surface area contributed by atoms with Crippen LogP contribution in [0, 0.1) is 0 Å². The topological polar surface area (TPSA) is 61.0 Å². The maximum atomic E-state index is 11.8. The zero-order chi connectivity index (χ0) is 13.0. The van der Waals surface area contributed by atoms with Gasteiger partial charge in [-0.15, -0.1) is 0 Å². The van der Waals surface area contributed by atoms with Crippen LogP contribution in [0.15, 0.2) is 36.8 Å². The fraction of sp³-hybridized carbons (Fsp3) is 0.231. The third kappa shape index (κ3) is 2.88. The Morgan fingerprint density at radius 2 is 2.22 bits per heavy atom. The standard InChI is InChI=1S/C13H16N4O/c1-17(2)12-4-3-11(9-15-12)13(18)16-8-10-5-6-14-7-10/h3-7,9,14H,8H2,1-2H3,(H,16,18). The number of carbonyl (C=O) groups excluding carboxylic acids is 1. The normalized spacial score (nSPS) is 10.1. The van der Waals surface area contributed by atoms with E-state index in [4.69, 9.17) is 0 Å². The molecule has 0 radical (unpaired) electrons. The highest BCUT2D eigenvalue weighted by atomic mass is 16.1. The van der Waals surface area contributed by atoms with E-state index in [1.165, 1.54) is 0 Å². The van der Waals surface area contributed by atoms with Gasteiger partial charge in [-0.05, 0) is 23.8 Å². The Balaban J connectivity index is 1.96. The Morgan fingerprint density at radius 1 is 1.39 bits per heavy atom. The van der Waals surface area contributed by atoms with E-state index in [-0.39, 0.29) is 5.91 Å². The highest BCUT2D eigenvalue weighted by Crippen LogP contribution is 2.07. The van der Waals surface area contributed by atoms with Crippen LogP contribution in [0.4, 0.5) is 5.82 Å². The number of carbonyl (C=O) groups is 1. The Hall–Kier alpha value is -2.30. The van der Waals surface area contributed by atoms with Crippen LogP contribution in [0.2, 0.25) is 0 Å². The van der Waals surface area contributed by atoms with Crippen molar-refractivity contribution in [3.63, 3.8) is 0 Å². The second-order valence-electron chi connectivity index (χ2n) is 4.20. The largest absolute Gasteiger partial charge is 0.367 e. The molecule has 0 aliphatic rings. The van der Waals surface area contributed by atoms with Crippen molar-refractivity contribution >= 4 is 11.7 Å². The summed E-state index contributed by atoms with van der Waals surface area (Å²) in [6, 6.07) is 5.52. The van der Waals surface area contributed by atoms with Gasteiger partial charge >= 0.3 is 0 Å². The van der Waals surface area contributed by atoms with Crippen molar-refractivity contribution in [3.8, 4) is 0 Å². The molecule has 0 fully saturated rings. The lowest BCUT2D eigenvalue weighted by Gasteiger charge is -2.11. The van der Waals surface area contributed by atoms with Gasteiger partial charge in [0.1, 0.15) is 5.82 Å². The van der Waals surface area contributed by atoms with Crippen molar-refractivity contribution in [1.29, 1.82) is 0 Å². The first kappa shape index (κ1) is 12.2. The summed E-state index contributed by atoms with van der Waals surface area (Å²) >= 11 is 0. The smallest absolute Gasteiger partial charge is 0.253 e. The van der Waals surface area contributed by atoms with Gasteiger partial charge in [0.25, 0.3) is 5.91 Å². The highest BCUT2D eigenvalue weighted by Gasteiger charge is 2.06. The van der Waals surface area contributed by atoms with Crippen LogP contribution in [-0.4, -0.2) is 30.0 Å². The number of nitrogens with one attached hydrogen (secondary N) is 2. The van der Waals surface area contributed by atoms with Crippen LogP contribution in [-0.2, 0) is 6.54 Å². The Labute approximate surface area is 106 Å². The molecule has 2 N–H and O–H groups in total. The molecule has 2 rings (SSSR count). The van der Waals surface area contributed by atoms with Crippen molar-refractivity contribution in [2.24, 2.45) is 0 Å². The molecule has 0 unspecified atom stereocenters. The number of aromatic nitrogens is 2. The summed E-state index contributed by atoms with van der Waals surface area (Å²) in [5, 5.41) is 2.84. The lowest BCUT2D eigenvalue weighted by molar-refractivity contribution is 0.0950. The van der Waals surface area contributed by atoms with E-state index in [1.54, 1.807) is 12.3 Å². The lowest BCUT2D eigenvalue weighted by Crippen LogP contribution is -2.23. The van der Waals surface area contributed by atoms with Gasteiger partial charge in [0.2, 0.25) is 0 Å². The zero-order valence-electron chi connectivity index (χ0n) is 10.5. The second kappa shape index (κ2) is 5.35. The minimum atomic E-state index is -0.117. The number of H-pyrrole nitrogens is 1. The van der Waals surface area contributed by atoms with Gasteiger partial charge in [-0.2, -0.15) is 0 Å². The maximum absolute atomic E-state index is 11.8. The second-order valence-corrected chi connectivity index (χ2v) is 4.20. The minimum absolute atomic E-state index is 0.117. The van der Waals surface area contributed by atoms with Crippen LogP contribution in [0.25, 0.3) is 0 Å². The monoisotopic (exact) mass is 244 g/mol. The number of anilines is 1. The average molecular weight is 244 g/mol. The first-order chi connectivity index (χ1) is 8.66. The van der Waals surface area contributed by atoms with Crippen LogP contribution < -0.4 is 10.2 Å². The van der Waals surface area contributed by atoms with Gasteiger partial charge in [-0.3, -0.25) is 4.79 Å². The summed E-state index contributed by atoms with van der Waals surface area (Å²) in [4.78, 5) is 20.9. The molecule has 94 valence electrons. The number of aromatic amines is 1. The molecule has 0 aliphatic heterocycles. The predicted octanol–water partition coefficient (Wildman–Crippen LogP) is 1.41. The summed E-state index contributed by atoms with van der Waals surface area (Å²) in [6.45, 7) is 0.512. The molecule has 0 bridgehead atoms. The van der Waals surface area contributed by atoms with E-state index in [0.29, 0.717) is 12.1 Å². The van der Waals surface area contributed by atoms with Crippen molar-refractivity contribution in [3.05, 3.63) is 47.9 Å². The maximum Gasteiger partial charge on any atom is 0.253 e. The molecule has 5 heteroatoms. The van der Waals surface area contributed by atoms with Gasteiger partial charge in [0.15, 0.2) is 0 Å². The van der Waals surface area contributed by atoms with E-state index in [2.05, 4.69) is 15.3 Å². The van der Waals surface area contributed by atoms with E-state index in [1.807, 2.05) is 43.5 Å². The van der Waals surface area contributed by atoms with E-state index in [9.17, 15) is 4.79 Å². The van der Waals surface area contributed by atoms with Crippen LogP contribution >= 0.6 is 0 Å². The van der Waals surface area contributed by atoms with Crippen LogP contribution in [0.5, 0.6) is 0 Å². The van der Waals surface area contributed by atoms with Gasteiger partial charge in [0.05, 0.1) is 5.56 Å². The van der Waals surface area contributed by atoms with Gasteiger partial charge < -0.3 is 15.2 Å². The Morgan fingerprint density at radius 3 is 2.78 bits per heavy atom. The van der Waals surface area contributed by atoms with Gasteiger partial charge in [-0.1, -0.05) is 0 Å². The molecule has 1 amide bonds. The van der Waals surface area contributed by atoms with Gasteiger partial charge in [-0.25, -0.2) is 4.98 Å². The first-order valence-corrected chi connectivity index (χ1v) is 5.70. The number of pyridine rings is 1. The summed E-state index contributed by atoms with van der Waals surface area (Å²) in [6.07, 6.45) is 5.27. The SMILES string of the molecule is CN(C)c1ccc(C(=O)NCc2cc[nH]c2)cn1. The van der Waals surface area contributed by atoms with Crippen LogP contribution in [0.3, 0.4) is 0 Å². The van der Waals surface area contributed by atoms with E-state index in [0.717, 1.165) is 11.4 Å². The fourth-order valence-corrected chi connectivity index (χ4v) is 1.54. The van der Waals surface area contributed by atoms with Crippen molar-refractivity contribution in [2.75, 3.05) is 19.0 Å². The van der Waals surface area contributed by atoms with Crippen molar-refractivity contribution in [1.82, 2.24) is 15.3 Å². The molecule has 0 saturated heterocycles. The summed E-state index contributed by atoms with van der Waals surface area (Å²) in [5.41, 5.74) is 1.61. The third-order valence-electron chi connectivity index (χ3n) is 2.58. The number of hydrogen-bond acceptors (Lipinski definition) is 3. The molecular formula is C13H16N4O. The molecule has 2 aromatic heterocycles. The molecule has 0 atom stereocenters. The average Bonchev–Trinajstić information content (AvgIpc) is 2.89. The quantitative estimate of drug-likeness (QED) is 0.854. The third-order valence-corrected chi connectivity index (χ3v) is 2.58. The number of nitrogens with zero attached hydrogens (tertiary/aromatic N) is 2. The molecule has 0 aromatic carbocycles.